The van der Waals surface area contributed by atoms with Crippen molar-refractivity contribution in [1.82, 2.24) is 0 Å². The summed E-state index contributed by atoms with van der Waals surface area (Å²) in [6.45, 7) is 3.41. The molecule has 0 bridgehead atoms. The van der Waals surface area contributed by atoms with Gasteiger partial charge in [-0.05, 0) is 43.2 Å². The second kappa shape index (κ2) is 8.72. The van der Waals surface area contributed by atoms with Gasteiger partial charge in [-0.25, -0.2) is 4.79 Å². The Morgan fingerprint density at radius 3 is 2.50 bits per heavy atom. The van der Waals surface area contributed by atoms with Gasteiger partial charge in [0.25, 0.3) is 5.91 Å². The number of anilines is 1. The Morgan fingerprint density at radius 1 is 1.08 bits per heavy atom. The summed E-state index contributed by atoms with van der Waals surface area (Å²) < 4.78 is 10.6. The summed E-state index contributed by atoms with van der Waals surface area (Å²) in [5.74, 6) is -0.352. The maximum absolute atomic E-state index is 12.1. The van der Waals surface area contributed by atoms with Crippen molar-refractivity contribution in [3.63, 3.8) is 0 Å². The van der Waals surface area contributed by atoms with Crippen LogP contribution in [0.25, 0.3) is 0 Å². The summed E-state index contributed by atoms with van der Waals surface area (Å²) in [7, 11) is 0. The lowest BCUT2D eigenvalue weighted by molar-refractivity contribution is -0.154. The standard InChI is InChI=1S/C19H21NO4/c1-3-17(24-16-10-5-4-6-11-16)19(22)23-13-18(21)20-15-9-7-8-14(2)12-15/h4-12,17H,3,13H2,1-2H3,(H,20,21)/t17-/m1/s1. The van der Waals surface area contributed by atoms with Gasteiger partial charge < -0.3 is 14.8 Å². The van der Waals surface area contributed by atoms with E-state index in [0.717, 1.165) is 5.56 Å². The zero-order valence-corrected chi connectivity index (χ0v) is 13.8. The van der Waals surface area contributed by atoms with Gasteiger partial charge in [-0.15, -0.1) is 0 Å². The molecule has 0 aliphatic rings. The maximum Gasteiger partial charge on any atom is 0.347 e. The first-order valence-corrected chi connectivity index (χ1v) is 7.83. The van der Waals surface area contributed by atoms with E-state index in [9.17, 15) is 9.59 Å². The number of aryl methyl sites for hydroxylation is 1. The van der Waals surface area contributed by atoms with E-state index in [0.29, 0.717) is 17.9 Å². The molecule has 0 radical (unpaired) electrons. The first kappa shape index (κ1) is 17.5. The van der Waals surface area contributed by atoms with Crippen LogP contribution in [0.5, 0.6) is 5.75 Å². The third-order valence-electron chi connectivity index (χ3n) is 3.30. The Morgan fingerprint density at radius 2 is 1.83 bits per heavy atom. The van der Waals surface area contributed by atoms with Crippen molar-refractivity contribution in [3.8, 4) is 5.75 Å². The third-order valence-corrected chi connectivity index (χ3v) is 3.30. The van der Waals surface area contributed by atoms with Gasteiger partial charge in [0, 0.05) is 5.69 Å². The van der Waals surface area contributed by atoms with Crippen LogP contribution >= 0.6 is 0 Å². The van der Waals surface area contributed by atoms with Gasteiger partial charge >= 0.3 is 5.97 Å². The Labute approximate surface area is 141 Å². The van der Waals surface area contributed by atoms with E-state index in [-0.39, 0.29) is 12.5 Å². The van der Waals surface area contributed by atoms with E-state index >= 15 is 0 Å². The zero-order chi connectivity index (χ0) is 17.4. The second-order valence-electron chi connectivity index (χ2n) is 5.35. The van der Waals surface area contributed by atoms with Gasteiger partial charge in [-0.3, -0.25) is 4.79 Å². The molecule has 0 saturated carbocycles. The summed E-state index contributed by atoms with van der Waals surface area (Å²) >= 11 is 0. The number of amides is 1. The lowest BCUT2D eigenvalue weighted by Crippen LogP contribution is -2.31. The Bertz CT molecular complexity index is 685. The number of rotatable bonds is 7. The normalized spacial score (nSPS) is 11.4. The van der Waals surface area contributed by atoms with E-state index in [1.165, 1.54) is 0 Å². The molecule has 1 atom stereocenters. The van der Waals surface area contributed by atoms with Crippen LogP contribution in [0.2, 0.25) is 0 Å². The van der Waals surface area contributed by atoms with E-state index in [1.54, 1.807) is 18.2 Å². The number of benzene rings is 2. The minimum atomic E-state index is -0.737. The van der Waals surface area contributed by atoms with Gasteiger partial charge in [-0.2, -0.15) is 0 Å². The predicted molar refractivity (Wildman–Crippen MR) is 91.9 cm³/mol. The van der Waals surface area contributed by atoms with Crippen LogP contribution in [0, 0.1) is 6.92 Å². The van der Waals surface area contributed by atoms with E-state index in [1.807, 2.05) is 50.2 Å². The first-order valence-electron chi connectivity index (χ1n) is 7.83. The lowest BCUT2D eigenvalue weighted by atomic mass is 10.2. The molecule has 0 unspecified atom stereocenters. The number of carbonyl (C=O) groups is 2. The molecular formula is C19H21NO4. The highest BCUT2D eigenvalue weighted by molar-refractivity contribution is 5.93. The fraction of sp³-hybridized carbons (Fsp3) is 0.263. The average molecular weight is 327 g/mol. The summed E-state index contributed by atoms with van der Waals surface area (Å²) in [6, 6.07) is 16.4. The molecule has 0 spiro atoms. The van der Waals surface area contributed by atoms with Crippen molar-refractivity contribution in [1.29, 1.82) is 0 Å². The molecule has 1 amide bonds. The van der Waals surface area contributed by atoms with Crippen molar-refractivity contribution in [2.75, 3.05) is 11.9 Å². The molecule has 1 N–H and O–H groups in total. The largest absolute Gasteiger partial charge is 0.479 e. The topological polar surface area (TPSA) is 64.6 Å². The number of nitrogens with one attached hydrogen (secondary N) is 1. The Hall–Kier alpha value is -2.82. The van der Waals surface area contributed by atoms with Gasteiger partial charge in [-0.1, -0.05) is 37.3 Å². The molecule has 5 nitrogen and oxygen atoms in total. The Balaban J connectivity index is 1.83. The van der Waals surface area contributed by atoms with E-state index < -0.39 is 12.1 Å². The van der Waals surface area contributed by atoms with Crippen LogP contribution in [-0.4, -0.2) is 24.6 Å². The molecule has 2 rings (SSSR count). The summed E-state index contributed by atoms with van der Waals surface area (Å²) in [4.78, 5) is 23.9. The molecule has 24 heavy (non-hydrogen) atoms. The van der Waals surface area contributed by atoms with Crippen LogP contribution in [0.1, 0.15) is 18.9 Å². The van der Waals surface area contributed by atoms with Gasteiger partial charge in [0.2, 0.25) is 0 Å². The number of carbonyl (C=O) groups excluding carboxylic acids is 2. The smallest absolute Gasteiger partial charge is 0.347 e. The van der Waals surface area contributed by atoms with Crippen molar-refractivity contribution in [3.05, 3.63) is 60.2 Å². The predicted octanol–water partition coefficient (Wildman–Crippen LogP) is 3.33. The SMILES string of the molecule is CC[C@@H](Oc1ccccc1)C(=O)OCC(=O)Nc1cccc(C)c1. The summed E-state index contributed by atoms with van der Waals surface area (Å²) in [5, 5.41) is 2.69. The second-order valence-corrected chi connectivity index (χ2v) is 5.35. The molecule has 0 fully saturated rings. The number of ether oxygens (including phenoxy) is 2. The van der Waals surface area contributed by atoms with Crippen LogP contribution in [0.15, 0.2) is 54.6 Å². The van der Waals surface area contributed by atoms with Crippen LogP contribution in [0.3, 0.4) is 0 Å². The minimum absolute atomic E-state index is 0.346. The van der Waals surface area contributed by atoms with Gasteiger partial charge in [0.15, 0.2) is 12.7 Å². The van der Waals surface area contributed by atoms with Gasteiger partial charge in [0.1, 0.15) is 5.75 Å². The molecule has 0 saturated heterocycles. The molecule has 0 aromatic heterocycles. The summed E-state index contributed by atoms with van der Waals surface area (Å²) in [6.07, 6.45) is -0.285. The highest BCUT2D eigenvalue weighted by Gasteiger charge is 2.21. The number of hydrogen-bond donors (Lipinski definition) is 1. The number of hydrogen-bond acceptors (Lipinski definition) is 4. The molecule has 0 aliphatic carbocycles. The molecule has 0 aliphatic heterocycles. The fourth-order valence-corrected chi connectivity index (χ4v) is 2.11. The van der Waals surface area contributed by atoms with E-state index in [4.69, 9.17) is 9.47 Å². The van der Waals surface area contributed by atoms with E-state index in [2.05, 4.69) is 5.32 Å². The lowest BCUT2D eigenvalue weighted by Gasteiger charge is -2.16. The van der Waals surface area contributed by atoms with Crippen LogP contribution in [-0.2, 0) is 14.3 Å². The Kier molecular flexibility index (Phi) is 6.37. The monoisotopic (exact) mass is 327 g/mol. The molecule has 5 heteroatoms. The van der Waals surface area contributed by atoms with Crippen molar-refractivity contribution >= 4 is 17.6 Å². The highest BCUT2D eigenvalue weighted by atomic mass is 16.6. The zero-order valence-electron chi connectivity index (χ0n) is 13.8. The molecular weight excluding hydrogens is 306 g/mol. The molecule has 126 valence electrons. The maximum atomic E-state index is 12.1. The van der Waals surface area contributed by atoms with Crippen molar-refractivity contribution in [2.24, 2.45) is 0 Å². The summed E-state index contributed by atoms with van der Waals surface area (Å²) in [5.41, 5.74) is 1.70. The average Bonchev–Trinajstić information content (AvgIpc) is 2.58. The molecule has 2 aromatic rings. The van der Waals surface area contributed by atoms with Gasteiger partial charge in [0.05, 0.1) is 0 Å². The first-order chi connectivity index (χ1) is 11.6. The fourth-order valence-electron chi connectivity index (χ4n) is 2.11. The third kappa shape index (κ3) is 5.43. The molecule has 0 heterocycles. The van der Waals surface area contributed by atoms with Crippen LogP contribution < -0.4 is 10.1 Å². The van der Waals surface area contributed by atoms with Crippen molar-refractivity contribution < 1.29 is 19.1 Å². The highest BCUT2D eigenvalue weighted by Crippen LogP contribution is 2.13. The molecule has 2 aromatic carbocycles. The number of para-hydroxylation sites is 1. The van der Waals surface area contributed by atoms with Crippen molar-refractivity contribution in [2.45, 2.75) is 26.4 Å². The quantitative estimate of drug-likeness (QED) is 0.792. The van der Waals surface area contributed by atoms with Crippen LogP contribution in [0.4, 0.5) is 5.69 Å². The number of esters is 1. The minimum Gasteiger partial charge on any atom is -0.479 e.